The average molecular weight is 227 g/mol. The first-order valence-corrected chi connectivity index (χ1v) is 4.74. The number of aliphatic imine (C=N–C) groups is 1. The number of hydrogen-bond donors (Lipinski definition) is 3. The molecule has 1 aliphatic heterocycles. The number of halogens is 1. The van der Waals surface area contributed by atoms with Crippen LogP contribution in [0.4, 0.5) is 5.69 Å². The Bertz CT molecular complexity index is 364. The molecule has 15 heavy (non-hydrogen) atoms. The molecule has 2 rings (SSSR count). The fraction of sp³-hybridized carbons (Fsp3) is 0.300. The summed E-state index contributed by atoms with van der Waals surface area (Å²) < 4.78 is 0. The van der Waals surface area contributed by atoms with Gasteiger partial charge in [-0.1, -0.05) is 19.1 Å². The Labute approximate surface area is 95.4 Å². The lowest BCUT2D eigenvalue weighted by molar-refractivity contribution is 0.599. The van der Waals surface area contributed by atoms with E-state index < -0.39 is 0 Å². The zero-order valence-corrected chi connectivity index (χ0v) is 9.34. The van der Waals surface area contributed by atoms with E-state index in [9.17, 15) is 0 Å². The smallest absolute Gasteiger partial charge is 0.176 e. The SMILES string of the molecule is CCNC1N=C(N)c2ccccc2N1.Cl. The highest BCUT2D eigenvalue weighted by Crippen LogP contribution is 2.19. The second-order valence-electron chi connectivity index (χ2n) is 3.16. The monoisotopic (exact) mass is 226 g/mol. The second kappa shape index (κ2) is 5.00. The summed E-state index contributed by atoms with van der Waals surface area (Å²) in [6, 6.07) is 7.90. The van der Waals surface area contributed by atoms with E-state index in [1.54, 1.807) is 0 Å². The summed E-state index contributed by atoms with van der Waals surface area (Å²) in [6.07, 6.45) is -0.102. The van der Waals surface area contributed by atoms with Gasteiger partial charge in [0.15, 0.2) is 6.29 Å². The third kappa shape index (κ3) is 2.40. The van der Waals surface area contributed by atoms with Crippen molar-refractivity contribution in [2.45, 2.75) is 13.2 Å². The Morgan fingerprint density at radius 1 is 1.47 bits per heavy atom. The highest BCUT2D eigenvalue weighted by Gasteiger charge is 2.16. The topological polar surface area (TPSA) is 62.4 Å². The first kappa shape index (κ1) is 11.8. The Balaban J connectivity index is 0.00000112. The zero-order valence-electron chi connectivity index (χ0n) is 8.53. The largest absolute Gasteiger partial charge is 0.383 e. The number of amidine groups is 1. The summed E-state index contributed by atoms with van der Waals surface area (Å²) in [4.78, 5) is 4.29. The molecule has 1 aliphatic rings. The van der Waals surface area contributed by atoms with Gasteiger partial charge in [-0.2, -0.15) is 0 Å². The van der Waals surface area contributed by atoms with Crippen LogP contribution in [0.15, 0.2) is 29.3 Å². The highest BCUT2D eigenvalue weighted by molar-refractivity contribution is 6.03. The number of nitrogens with zero attached hydrogens (tertiary/aromatic N) is 1. The number of nitrogens with two attached hydrogens (primary N) is 1. The average Bonchev–Trinajstić information content (AvgIpc) is 2.18. The summed E-state index contributed by atoms with van der Waals surface area (Å²) in [5, 5.41) is 6.43. The van der Waals surface area contributed by atoms with Crippen LogP contribution in [-0.2, 0) is 0 Å². The second-order valence-corrected chi connectivity index (χ2v) is 3.16. The minimum absolute atomic E-state index is 0. The normalized spacial score (nSPS) is 18.2. The van der Waals surface area contributed by atoms with Crippen LogP contribution in [0.2, 0.25) is 0 Å². The summed E-state index contributed by atoms with van der Waals surface area (Å²) >= 11 is 0. The molecule has 5 heteroatoms. The Hall–Kier alpha value is -1.26. The van der Waals surface area contributed by atoms with Gasteiger partial charge in [-0.15, -0.1) is 12.4 Å². The highest BCUT2D eigenvalue weighted by atomic mass is 35.5. The number of fused-ring (bicyclic) bond motifs is 1. The molecule has 1 aromatic carbocycles. The minimum atomic E-state index is -0.102. The number of nitrogens with one attached hydrogen (secondary N) is 2. The van der Waals surface area contributed by atoms with Gasteiger partial charge in [-0.3, -0.25) is 5.32 Å². The van der Waals surface area contributed by atoms with Crippen LogP contribution in [-0.4, -0.2) is 18.7 Å². The van der Waals surface area contributed by atoms with Crippen LogP contribution in [0.1, 0.15) is 12.5 Å². The van der Waals surface area contributed by atoms with Gasteiger partial charge < -0.3 is 11.1 Å². The van der Waals surface area contributed by atoms with Crippen molar-refractivity contribution >= 4 is 23.9 Å². The fourth-order valence-corrected chi connectivity index (χ4v) is 1.51. The molecule has 0 bridgehead atoms. The summed E-state index contributed by atoms with van der Waals surface area (Å²) in [5.74, 6) is 0.588. The lowest BCUT2D eigenvalue weighted by Crippen LogP contribution is -2.40. The first-order chi connectivity index (χ1) is 6.81. The third-order valence-electron chi connectivity index (χ3n) is 2.16. The number of benzene rings is 1. The minimum Gasteiger partial charge on any atom is -0.383 e. The van der Waals surface area contributed by atoms with Crippen LogP contribution >= 0.6 is 12.4 Å². The van der Waals surface area contributed by atoms with Gasteiger partial charge in [-0.25, -0.2) is 4.99 Å². The van der Waals surface area contributed by atoms with E-state index >= 15 is 0 Å². The first-order valence-electron chi connectivity index (χ1n) is 4.74. The van der Waals surface area contributed by atoms with Crippen LogP contribution in [0, 0.1) is 0 Å². The van der Waals surface area contributed by atoms with Crippen LogP contribution in [0.25, 0.3) is 0 Å². The molecule has 0 radical (unpaired) electrons. The Morgan fingerprint density at radius 3 is 2.93 bits per heavy atom. The molecule has 0 amide bonds. The predicted octanol–water partition coefficient (Wildman–Crippen LogP) is 1.13. The Kier molecular flexibility index (Phi) is 3.94. The maximum absolute atomic E-state index is 5.84. The predicted molar refractivity (Wildman–Crippen MR) is 65.5 cm³/mol. The van der Waals surface area contributed by atoms with E-state index in [0.717, 1.165) is 17.8 Å². The van der Waals surface area contributed by atoms with Gasteiger partial charge >= 0.3 is 0 Å². The van der Waals surface area contributed by atoms with Crippen molar-refractivity contribution in [2.24, 2.45) is 10.7 Å². The van der Waals surface area contributed by atoms with Crippen LogP contribution < -0.4 is 16.4 Å². The number of para-hydroxylation sites is 1. The molecule has 1 aromatic rings. The molecule has 0 aliphatic carbocycles. The van der Waals surface area contributed by atoms with Crippen molar-refractivity contribution in [1.29, 1.82) is 0 Å². The molecule has 0 saturated carbocycles. The van der Waals surface area contributed by atoms with Gasteiger partial charge in [0.1, 0.15) is 5.84 Å². The van der Waals surface area contributed by atoms with Gasteiger partial charge in [0.25, 0.3) is 0 Å². The van der Waals surface area contributed by atoms with Crippen LogP contribution in [0.3, 0.4) is 0 Å². The summed E-state index contributed by atoms with van der Waals surface area (Å²) in [7, 11) is 0. The van der Waals surface area contributed by atoms with Crippen molar-refractivity contribution < 1.29 is 0 Å². The quantitative estimate of drug-likeness (QED) is 0.709. The molecular formula is C10H15ClN4. The van der Waals surface area contributed by atoms with E-state index in [1.807, 2.05) is 31.2 Å². The van der Waals surface area contributed by atoms with E-state index in [2.05, 4.69) is 15.6 Å². The molecule has 4 nitrogen and oxygen atoms in total. The standard InChI is InChI=1S/C10H14N4.ClH/c1-2-12-10-13-8-6-4-3-5-7(8)9(11)14-10;/h3-6,10,12-13H,2H2,1H3,(H2,11,14);1H. The van der Waals surface area contributed by atoms with Gasteiger partial charge in [0.2, 0.25) is 0 Å². The van der Waals surface area contributed by atoms with Gasteiger partial charge in [0, 0.05) is 11.3 Å². The summed E-state index contributed by atoms with van der Waals surface area (Å²) in [5.41, 5.74) is 7.84. The van der Waals surface area contributed by atoms with Crippen molar-refractivity contribution in [3.05, 3.63) is 29.8 Å². The number of hydrogen-bond acceptors (Lipinski definition) is 4. The molecule has 1 unspecified atom stereocenters. The van der Waals surface area contributed by atoms with Crippen molar-refractivity contribution in [3.8, 4) is 0 Å². The maximum atomic E-state index is 5.84. The van der Waals surface area contributed by atoms with Crippen molar-refractivity contribution in [1.82, 2.24) is 5.32 Å². The fourth-order valence-electron chi connectivity index (χ4n) is 1.51. The molecule has 0 fully saturated rings. The summed E-state index contributed by atoms with van der Waals surface area (Å²) in [6.45, 7) is 2.89. The molecular weight excluding hydrogens is 212 g/mol. The number of anilines is 1. The molecule has 82 valence electrons. The third-order valence-corrected chi connectivity index (χ3v) is 2.16. The van der Waals surface area contributed by atoms with Gasteiger partial charge in [0.05, 0.1) is 0 Å². The zero-order chi connectivity index (χ0) is 9.97. The molecule has 4 N–H and O–H groups in total. The van der Waals surface area contributed by atoms with E-state index in [1.165, 1.54) is 0 Å². The molecule has 1 heterocycles. The molecule has 0 aromatic heterocycles. The lowest BCUT2D eigenvalue weighted by atomic mass is 10.1. The molecule has 0 spiro atoms. The van der Waals surface area contributed by atoms with Crippen LogP contribution in [0.5, 0.6) is 0 Å². The van der Waals surface area contributed by atoms with Crippen molar-refractivity contribution in [3.63, 3.8) is 0 Å². The van der Waals surface area contributed by atoms with E-state index in [4.69, 9.17) is 5.73 Å². The lowest BCUT2D eigenvalue weighted by Gasteiger charge is -2.24. The number of rotatable bonds is 2. The van der Waals surface area contributed by atoms with Crippen molar-refractivity contribution in [2.75, 3.05) is 11.9 Å². The van der Waals surface area contributed by atoms with E-state index in [-0.39, 0.29) is 18.7 Å². The van der Waals surface area contributed by atoms with E-state index in [0.29, 0.717) is 5.84 Å². The van der Waals surface area contributed by atoms with Gasteiger partial charge in [-0.05, 0) is 18.7 Å². The maximum Gasteiger partial charge on any atom is 0.176 e. The molecule has 1 atom stereocenters. The Morgan fingerprint density at radius 2 is 2.20 bits per heavy atom. The molecule has 0 saturated heterocycles.